The van der Waals surface area contributed by atoms with Crippen molar-refractivity contribution in [1.82, 2.24) is 0 Å². The second-order valence-electron chi connectivity index (χ2n) is 4.33. The van der Waals surface area contributed by atoms with E-state index in [-0.39, 0.29) is 0 Å². The number of rotatable bonds is 2. The molecule has 0 spiro atoms. The third-order valence-corrected chi connectivity index (χ3v) is 3.41. The van der Waals surface area contributed by atoms with Crippen molar-refractivity contribution >= 4 is 34.7 Å². The van der Waals surface area contributed by atoms with E-state index < -0.39 is 11.7 Å². The molecule has 0 N–H and O–H groups in total. The van der Waals surface area contributed by atoms with Crippen molar-refractivity contribution in [3.8, 4) is 5.75 Å². The van der Waals surface area contributed by atoms with Crippen LogP contribution in [0.4, 0.5) is 11.4 Å². The molecule has 0 aliphatic carbocycles. The number of anilines is 2. The number of ketones is 1. The Kier molecular flexibility index (Phi) is 2.95. The molecule has 3 rings (SSSR count). The molecular weight excluding hydrogens is 278 g/mol. The number of carbonyl (C=O) groups excluding carboxylic acids is 2. The highest BCUT2D eigenvalue weighted by Crippen LogP contribution is 2.37. The lowest BCUT2D eigenvalue weighted by atomic mass is 10.1. The first kappa shape index (κ1) is 12.7. The highest BCUT2D eigenvalue weighted by Gasteiger charge is 2.36. The average molecular weight is 288 g/mol. The van der Waals surface area contributed by atoms with Gasteiger partial charge in [-0.2, -0.15) is 0 Å². The minimum atomic E-state index is -0.576. The van der Waals surface area contributed by atoms with Crippen LogP contribution in [-0.4, -0.2) is 18.8 Å². The predicted octanol–water partition coefficient (Wildman–Crippen LogP) is 3.21. The number of ether oxygens (including phenoxy) is 1. The molecule has 0 bridgehead atoms. The Morgan fingerprint density at radius 3 is 2.40 bits per heavy atom. The summed E-state index contributed by atoms with van der Waals surface area (Å²) in [6.07, 6.45) is 0. The second kappa shape index (κ2) is 4.65. The Bertz CT molecular complexity index is 710. The minimum absolute atomic E-state index is 0.332. The first-order chi connectivity index (χ1) is 9.61. The van der Waals surface area contributed by atoms with Crippen LogP contribution in [0, 0.1) is 0 Å². The summed E-state index contributed by atoms with van der Waals surface area (Å²) >= 11 is 5.87. The van der Waals surface area contributed by atoms with Gasteiger partial charge in [0.25, 0.3) is 5.78 Å². The molecule has 0 saturated heterocycles. The van der Waals surface area contributed by atoms with Gasteiger partial charge in [-0.25, -0.2) is 0 Å². The van der Waals surface area contributed by atoms with E-state index in [0.717, 1.165) is 0 Å². The fourth-order valence-corrected chi connectivity index (χ4v) is 2.37. The molecule has 1 aliphatic rings. The number of hydrogen-bond donors (Lipinski definition) is 0. The normalized spacial score (nSPS) is 13.6. The summed E-state index contributed by atoms with van der Waals surface area (Å²) in [7, 11) is 1.57. The fourth-order valence-electron chi connectivity index (χ4n) is 2.20. The summed E-state index contributed by atoms with van der Waals surface area (Å²) in [4.78, 5) is 25.5. The van der Waals surface area contributed by atoms with Crippen molar-refractivity contribution in [2.45, 2.75) is 0 Å². The van der Waals surface area contributed by atoms with E-state index in [1.54, 1.807) is 43.5 Å². The van der Waals surface area contributed by atoms with Gasteiger partial charge in [0.15, 0.2) is 0 Å². The smallest absolute Gasteiger partial charge is 0.304 e. The molecule has 5 heteroatoms. The lowest BCUT2D eigenvalue weighted by molar-refractivity contribution is -0.113. The number of methoxy groups -OCH3 is 1. The minimum Gasteiger partial charge on any atom is -0.497 e. The van der Waals surface area contributed by atoms with Gasteiger partial charge in [-0.3, -0.25) is 14.5 Å². The van der Waals surface area contributed by atoms with Crippen LogP contribution >= 0.6 is 11.6 Å². The van der Waals surface area contributed by atoms with E-state index >= 15 is 0 Å². The fraction of sp³-hybridized carbons (Fsp3) is 0.0667. The summed E-state index contributed by atoms with van der Waals surface area (Å²) in [6, 6.07) is 11.8. The number of hydrogen-bond acceptors (Lipinski definition) is 3. The molecule has 1 aliphatic heterocycles. The lowest BCUT2D eigenvalue weighted by Crippen LogP contribution is -2.24. The van der Waals surface area contributed by atoms with Crippen LogP contribution in [0.15, 0.2) is 42.5 Å². The third-order valence-electron chi connectivity index (χ3n) is 3.17. The number of amides is 1. The van der Waals surface area contributed by atoms with Crippen LogP contribution < -0.4 is 9.64 Å². The molecular formula is C15H10ClNO3. The Morgan fingerprint density at radius 2 is 1.75 bits per heavy atom. The largest absolute Gasteiger partial charge is 0.497 e. The van der Waals surface area contributed by atoms with Gasteiger partial charge in [0, 0.05) is 10.7 Å². The highest BCUT2D eigenvalue weighted by molar-refractivity contribution is 6.54. The van der Waals surface area contributed by atoms with Gasteiger partial charge >= 0.3 is 5.91 Å². The van der Waals surface area contributed by atoms with E-state index in [0.29, 0.717) is 27.7 Å². The van der Waals surface area contributed by atoms with Crippen molar-refractivity contribution in [3.05, 3.63) is 53.1 Å². The maximum Gasteiger partial charge on any atom is 0.304 e. The Balaban J connectivity index is 2.10. The van der Waals surface area contributed by atoms with E-state index in [4.69, 9.17) is 16.3 Å². The number of nitrogens with zero attached hydrogens (tertiary/aromatic N) is 1. The first-order valence-electron chi connectivity index (χ1n) is 5.94. The van der Waals surface area contributed by atoms with Crippen molar-refractivity contribution in [1.29, 1.82) is 0 Å². The van der Waals surface area contributed by atoms with Crippen LogP contribution in [0.3, 0.4) is 0 Å². The number of Topliss-reactive ketones (excluding diaryl/α,β-unsaturated/α-hetero) is 1. The summed E-state index contributed by atoms with van der Waals surface area (Å²) in [5.74, 6) is -0.436. The molecule has 100 valence electrons. The molecule has 0 unspecified atom stereocenters. The van der Waals surface area contributed by atoms with E-state index in [1.165, 1.54) is 11.0 Å². The van der Waals surface area contributed by atoms with Crippen molar-refractivity contribution in [3.63, 3.8) is 0 Å². The third kappa shape index (κ3) is 1.85. The summed E-state index contributed by atoms with van der Waals surface area (Å²) < 4.78 is 5.08. The van der Waals surface area contributed by atoms with Crippen LogP contribution in [0.2, 0.25) is 5.02 Å². The van der Waals surface area contributed by atoms with Gasteiger partial charge in [-0.15, -0.1) is 0 Å². The van der Waals surface area contributed by atoms with Crippen molar-refractivity contribution in [2.24, 2.45) is 0 Å². The predicted molar refractivity (Wildman–Crippen MR) is 75.9 cm³/mol. The molecule has 2 aromatic carbocycles. The molecule has 1 heterocycles. The zero-order valence-electron chi connectivity index (χ0n) is 10.6. The van der Waals surface area contributed by atoms with Gasteiger partial charge in [-0.05, 0) is 42.5 Å². The highest BCUT2D eigenvalue weighted by atomic mass is 35.5. The first-order valence-corrected chi connectivity index (χ1v) is 6.32. The van der Waals surface area contributed by atoms with Gasteiger partial charge in [0.05, 0.1) is 18.4 Å². The van der Waals surface area contributed by atoms with Crippen LogP contribution in [0.25, 0.3) is 0 Å². The van der Waals surface area contributed by atoms with Gasteiger partial charge in [-0.1, -0.05) is 11.6 Å². The topological polar surface area (TPSA) is 46.6 Å². The summed E-state index contributed by atoms with van der Waals surface area (Å²) in [5.41, 5.74) is 1.50. The Hall–Kier alpha value is -2.33. The molecule has 20 heavy (non-hydrogen) atoms. The quantitative estimate of drug-likeness (QED) is 0.797. The molecule has 4 nitrogen and oxygen atoms in total. The van der Waals surface area contributed by atoms with Gasteiger partial charge in [0.1, 0.15) is 5.75 Å². The molecule has 0 fully saturated rings. The van der Waals surface area contributed by atoms with Crippen LogP contribution in [0.1, 0.15) is 10.4 Å². The zero-order chi connectivity index (χ0) is 14.3. The maximum absolute atomic E-state index is 12.1. The number of halogens is 1. The second-order valence-corrected chi connectivity index (χ2v) is 4.77. The van der Waals surface area contributed by atoms with Gasteiger partial charge in [0.2, 0.25) is 0 Å². The molecule has 2 aromatic rings. The number of fused-ring (bicyclic) bond motifs is 1. The van der Waals surface area contributed by atoms with Gasteiger partial charge < -0.3 is 4.74 Å². The molecule has 0 aromatic heterocycles. The molecule has 0 radical (unpaired) electrons. The monoisotopic (exact) mass is 287 g/mol. The maximum atomic E-state index is 12.1. The molecule has 0 saturated carbocycles. The summed E-state index contributed by atoms with van der Waals surface area (Å²) in [6.45, 7) is 0. The zero-order valence-corrected chi connectivity index (χ0v) is 11.3. The van der Waals surface area contributed by atoms with E-state index in [9.17, 15) is 9.59 Å². The Labute approximate surface area is 120 Å². The van der Waals surface area contributed by atoms with E-state index in [1.807, 2.05) is 0 Å². The standard InChI is InChI=1S/C15H10ClNO3/c1-20-11-5-3-10(4-6-11)17-13-7-2-9(16)8-12(13)14(18)15(17)19/h2-8H,1H3. The number of benzene rings is 2. The van der Waals surface area contributed by atoms with Crippen LogP contribution in [-0.2, 0) is 4.79 Å². The molecule has 1 amide bonds. The van der Waals surface area contributed by atoms with E-state index in [2.05, 4.69) is 0 Å². The lowest BCUT2D eigenvalue weighted by Gasteiger charge is -2.16. The summed E-state index contributed by atoms with van der Waals surface area (Å²) in [5, 5.41) is 0.432. The Morgan fingerprint density at radius 1 is 1.05 bits per heavy atom. The van der Waals surface area contributed by atoms with Crippen molar-refractivity contribution in [2.75, 3.05) is 12.0 Å². The van der Waals surface area contributed by atoms with Crippen molar-refractivity contribution < 1.29 is 14.3 Å². The molecule has 0 atom stereocenters. The number of carbonyl (C=O) groups is 2. The van der Waals surface area contributed by atoms with Crippen LogP contribution in [0.5, 0.6) is 5.75 Å². The SMILES string of the molecule is COc1ccc(N2C(=O)C(=O)c3cc(Cl)ccc32)cc1. The average Bonchev–Trinajstić information content (AvgIpc) is 2.71.